The minimum atomic E-state index is -0.409. The molecule has 4 heteroatoms. The van der Waals surface area contributed by atoms with E-state index in [1.807, 2.05) is 0 Å². The monoisotopic (exact) mass is 218 g/mol. The molecule has 2 heterocycles. The molecule has 0 aliphatic carbocycles. The fourth-order valence-electron chi connectivity index (χ4n) is 1.74. The topological polar surface area (TPSA) is 34.9 Å². The van der Waals surface area contributed by atoms with Crippen LogP contribution in [0.1, 0.15) is 5.56 Å². The zero-order chi connectivity index (χ0) is 11.7. The molecule has 16 heavy (non-hydrogen) atoms. The Morgan fingerprint density at radius 1 is 1.56 bits per heavy atom. The maximum Gasteiger partial charge on any atom is 0.250 e. The Balaban J connectivity index is 2.94. The molecule has 0 unspecified atom stereocenters. The van der Waals surface area contributed by atoms with E-state index < -0.39 is 5.82 Å². The fourth-order valence-corrected chi connectivity index (χ4v) is 1.74. The van der Waals surface area contributed by atoms with Crippen LogP contribution in [0.5, 0.6) is 0 Å². The Hall–Kier alpha value is -1.97. The largest absolute Gasteiger partial charge is 0.309 e. The van der Waals surface area contributed by atoms with Gasteiger partial charge in [-0.15, -0.1) is 6.58 Å². The van der Waals surface area contributed by atoms with E-state index in [0.29, 0.717) is 23.0 Å². The SMILES string of the molecule is C=CCc1c(F)cnc2ccc(=O)n(C)c12. The number of rotatable bonds is 2. The average Bonchev–Trinajstić information content (AvgIpc) is 2.27. The number of pyridine rings is 2. The summed E-state index contributed by atoms with van der Waals surface area (Å²) in [6, 6.07) is 3.02. The lowest BCUT2D eigenvalue weighted by molar-refractivity contribution is 0.610. The number of halogens is 1. The van der Waals surface area contributed by atoms with Crippen LogP contribution in [0.4, 0.5) is 4.39 Å². The summed E-state index contributed by atoms with van der Waals surface area (Å²) in [5.74, 6) is -0.409. The van der Waals surface area contributed by atoms with Crippen molar-refractivity contribution in [3.05, 3.63) is 52.7 Å². The van der Waals surface area contributed by atoms with E-state index >= 15 is 0 Å². The number of fused-ring (bicyclic) bond motifs is 1. The number of hydrogen-bond acceptors (Lipinski definition) is 2. The van der Waals surface area contributed by atoms with Gasteiger partial charge in [-0.2, -0.15) is 0 Å². The van der Waals surface area contributed by atoms with Gasteiger partial charge >= 0.3 is 0 Å². The molecule has 0 aliphatic rings. The van der Waals surface area contributed by atoms with Crippen molar-refractivity contribution < 1.29 is 4.39 Å². The second-order valence-corrected chi connectivity index (χ2v) is 3.54. The molecular formula is C12H11FN2O. The van der Waals surface area contributed by atoms with E-state index in [1.165, 1.54) is 16.8 Å². The van der Waals surface area contributed by atoms with E-state index in [2.05, 4.69) is 11.6 Å². The predicted molar refractivity (Wildman–Crippen MR) is 60.8 cm³/mol. The summed E-state index contributed by atoms with van der Waals surface area (Å²) >= 11 is 0. The summed E-state index contributed by atoms with van der Waals surface area (Å²) in [6.07, 6.45) is 3.16. The Labute approximate surface area is 91.9 Å². The van der Waals surface area contributed by atoms with Gasteiger partial charge in [0.1, 0.15) is 5.82 Å². The second kappa shape index (κ2) is 3.89. The van der Waals surface area contributed by atoms with Gasteiger partial charge in [0.15, 0.2) is 0 Å². The third-order valence-corrected chi connectivity index (χ3v) is 2.53. The Bertz CT molecular complexity index is 616. The average molecular weight is 218 g/mol. The summed E-state index contributed by atoms with van der Waals surface area (Å²) in [5, 5.41) is 0. The van der Waals surface area contributed by atoms with Crippen molar-refractivity contribution in [1.29, 1.82) is 0 Å². The first kappa shape index (κ1) is 10.5. The molecule has 2 aromatic rings. The van der Waals surface area contributed by atoms with Crippen molar-refractivity contribution in [3.8, 4) is 0 Å². The molecular weight excluding hydrogens is 207 g/mol. The lowest BCUT2D eigenvalue weighted by atomic mass is 10.1. The van der Waals surface area contributed by atoms with Crippen LogP contribution >= 0.6 is 0 Å². The number of allylic oxidation sites excluding steroid dienone is 1. The lowest BCUT2D eigenvalue weighted by Crippen LogP contribution is -2.17. The van der Waals surface area contributed by atoms with E-state index in [1.54, 1.807) is 19.2 Å². The van der Waals surface area contributed by atoms with Gasteiger partial charge in [0.2, 0.25) is 0 Å². The number of aryl methyl sites for hydroxylation is 1. The molecule has 0 spiro atoms. The molecule has 0 saturated heterocycles. The molecule has 0 radical (unpaired) electrons. The Morgan fingerprint density at radius 3 is 3.00 bits per heavy atom. The molecule has 0 bridgehead atoms. The van der Waals surface area contributed by atoms with Crippen molar-refractivity contribution >= 4 is 11.0 Å². The highest BCUT2D eigenvalue weighted by atomic mass is 19.1. The first-order chi connectivity index (χ1) is 7.65. The highest BCUT2D eigenvalue weighted by Gasteiger charge is 2.10. The van der Waals surface area contributed by atoms with Crippen LogP contribution in [-0.2, 0) is 13.5 Å². The Kier molecular flexibility index (Phi) is 2.56. The highest BCUT2D eigenvalue weighted by molar-refractivity contribution is 5.78. The zero-order valence-electron chi connectivity index (χ0n) is 8.90. The van der Waals surface area contributed by atoms with Crippen LogP contribution < -0.4 is 5.56 Å². The van der Waals surface area contributed by atoms with Gasteiger partial charge in [-0.25, -0.2) is 4.39 Å². The van der Waals surface area contributed by atoms with Crippen LogP contribution in [0.15, 0.2) is 35.8 Å². The number of aromatic nitrogens is 2. The van der Waals surface area contributed by atoms with Gasteiger partial charge in [0, 0.05) is 18.7 Å². The van der Waals surface area contributed by atoms with Crippen LogP contribution in [0.3, 0.4) is 0 Å². The summed E-state index contributed by atoms with van der Waals surface area (Å²) in [7, 11) is 1.61. The minimum Gasteiger partial charge on any atom is -0.309 e. The van der Waals surface area contributed by atoms with Gasteiger partial charge in [0.25, 0.3) is 5.56 Å². The molecule has 0 amide bonds. The third-order valence-electron chi connectivity index (χ3n) is 2.53. The van der Waals surface area contributed by atoms with Gasteiger partial charge in [0.05, 0.1) is 17.2 Å². The van der Waals surface area contributed by atoms with E-state index in [9.17, 15) is 9.18 Å². The van der Waals surface area contributed by atoms with Crippen LogP contribution in [0.25, 0.3) is 11.0 Å². The predicted octanol–water partition coefficient (Wildman–Crippen LogP) is 1.80. The van der Waals surface area contributed by atoms with Crippen molar-refractivity contribution in [2.24, 2.45) is 7.05 Å². The van der Waals surface area contributed by atoms with Crippen molar-refractivity contribution in [2.45, 2.75) is 6.42 Å². The van der Waals surface area contributed by atoms with Gasteiger partial charge in [-0.3, -0.25) is 9.78 Å². The summed E-state index contributed by atoms with van der Waals surface area (Å²) in [6.45, 7) is 3.58. The van der Waals surface area contributed by atoms with Crippen molar-refractivity contribution in [2.75, 3.05) is 0 Å². The molecule has 0 N–H and O–H groups in total. The Morgan fingerprint density at radius 2 is 2.31 bits per heavy atom. The molecule has 82 valence electrons. The molecule has 0 atom stereocenters. The summed E-state index contributed by atoms with van der Waals surface area (Å²) in [4.78, 5) is 15.4. The molecule has 0 saturated carbocycles. The van der Waals surface area contributed by atoms with Crippen molar-refractivity contribution in [1.82, 2.24) is 9.55 Å². The lowest BCUT2D eigenvalue weighted by Gasteiger charge is -2.09. The van der Waals surface area contributed by atoms with Crippen LogP contribution in [0, 0.1) is 5.82 Å². The maximum absolute atomic E-state index is 13.6. The standard InChI is InChI=1S/C12H11FN2O/c1-3-4-8-9(13)7-14-10-5-6-11(16)15(2)12(8)10/h3,5-7H,1,4H2,2H3. The normalized spacial score (nSPS) is 10.6. The van der Waals surface area contributed by atoms with Gasteiger partial charge < -0.3 is 4.57 Å². The van der Waals surface area contributed by atoms with Gasteiger partial charge in [-0.05, 0) is 12.5 Å². The third kappa shape index (κ3) is 1.52. The molecule has 2 rings (SSSR count). The summed E-state index contributed by atoms with van der Waals surface area (Å²) in [5.41, 5.74) is 1.43. The molecule has 3 nitrogen and oxygen atoms in total. The zero-order valence-corrected chi connectivity index (χ0v) is 8.90. The molecule has 0 aliphatic heterocycles. The van der Waals surface area contributed by atoms with Crippen molar-refractivity contribution in [3.63, 3.8) is 0 Å². The van der Waals surface area contributed by atoms with Crippen LogP contribution in [-0.4, -0.2) is 9.55 Å². The summed E-state index contributed by atoms with van der Waals surface area (Å²) < 4.78 is 15.0. The quantitative estimate of drug-likeness (QED) is 0.720. The highest BCUT2D eigenvalue weighted by Crippen LogP contribution is 2.18. The van der Waals surface area contributed by atoms with E-state index in [4.69, 9.17) is 0 Å². The number of nitrogens with zero attached hydrogens (tertiary/aromatic N) is 2. The maximum atomic E-state index is 13.6. The van der Waals surface area contributed by atoms with E-state index in [-0.39, 0.29) is 5.56 Å². The molecule has 0 fully saturated rings. The number of hydrogen-bond donors (Lipinski definition) is 0. The van der Waals surface area contributed by atoms with E-state index in [0.717, 1.165) is 0 Å². The fraction of sp³-hybridized carbons (Fsp3) is 0.167. The first-order valence-corrected chi connectivity index (χ1v) is 4.89. The van der Waals surface area contributed by atoms with Crippen LogP contribution in [0.2, 0.25) is 0 Å². The minimum absolute atomic E-state index is 0.176. The first-order valence-electron chi connectivity index (χ1n) is 4.89. The smallest absolute Gasteiger partial charge is 0.250 e. The second-order valence-electron chi connectivity index (χ2n) is 3.54. The molecule has 0 aromatic carbocycles. The van der Waals surface area contributed by atoms with Gasteiger partial charge in [-0.1, -0.05) is 6.08 Å². The molecule has 2 aromatic heterocycles.